The molecule has 0 aliphatic heterocycles. The van der Waals surface area contributed by atoms with Crippen LogP contribution in [0, 0.1) is 0 Å². The summed E-state index contributed by atoms with van der Waals surface area (Å²) in [5, 5.41) is 12.7. The number of aromatic carboxylic acids is 1. The first-order valence-corrected chi connectivity index (χ1v) is 7.42. The third-order valence-corrected chi connectivity index (χ3v) is 4.24. The predicted molar refractivity (Wildman–Crippen MR) is 84.1 cm³/mol. The van der Waals surface area contributed by atoms with Crippen molar-refractivity contribution in [3.8, 4) is 5.75 Å². The van der Waals surface area contributed by atoms with Gasteiger partial charge in [0.1, 0.15) is 10.6 Å². The van der Waals surface area contributed by atoms with Crippen LogP contribution in [0.3, 0.4) is 0 Å². The number of hydrogen-bond acceptors (Lipinski definition) is 5. The monoisotopic (exact) mass is 320 g/mol. The van der Waals surface area contributed by atoms with Gasteiger partial charge in [-0.15, -0.1) is 11.3 Å². The number of carbonyl (C=O) groups excluding carboxylic acids is 1. The molecule has 1 heterocycles. The third kappa shape index (κ3) is 3.43. The Labute approximate surface area is 131 Å². The molecule has 1 amide bonds. The fraction of sp³-hybridized carbons (Fsp3) is 0.267. The lowest BCUT2D eigenvalue weighted by Crippen LogP contribution is -2.13. The number of anilines is 1. The van der Waals surface area contributed by atoms with E-state index in [4.69, 9.17) is 4.74 Å². The van der Waals surface area contributed by atoms with E-state index in [-0.39, 0.29) is 23.1 Å². The number of nitrogens with zero attached hydrogens (tertiary/aromatic N) is 1. The van der Waals surface area contributed by atoms with E-state index in [1.165, 1.54) is 36.8 Å². The maximum absolute atomic E-state index is 12.2. The molecule has 0 atom stereocenters. The van der Waals surface area contributed by atoms with Crippen molar-refractivity contribution >= 4 is 28.9 Å². The SMILES string of the molecule is COc1ccc(NC(=O)c2cnc(C(C)C)s2)c(C(=O)O)c1. The summed E-state index contributed by atoms with van der Waals surface area (Å²) >= 11 is 1.29. The van der Waals surface area contributed by atoms with Gasteiger partial charge >= 0.3 is 5.97 Å². The first kappa shape index (κ1) is 16.0. The molecule has 0 fully saturated rings. The molecular weight excluding hydrogens is 304 g/mol. The fourth-order valence-corrected chi connectivity index (χ4v) is 2.60. The van der Waals surface area contributed by atoms with Gasteiger partial charge in [0.25, 0.3) is 5.91 Å². The Morgan fingerprint density at radius 2 is 2.09 bits per heavy atom. The molecule has 2 rings (SSSR count). The van der Waals surface area contributed by atoms with Gasteiger partial charge in [-0.1, -0.05) is 13.8 Å². The molecule has 0 bridgehead atoms. The van der Waals surface area contributed by atoms with Crippen LogP contribution in [-0.2, 0) is 0 Å². The van der Waals surface area contributed by atoms with Crippen LogP contribution in [0.2, 0.25) is 0 Å². The number of carboxylic acids is 1. The van der Waals surface area contributed by atoms with Gasteiger partial charge in [-0.05, 0) is 18.2 Å². The van der Waals surface area contributed by atoms with Crippen LogP contribution in [0.25, 0.3) is 0 Å². The second-order valence-electron chi connectivity index (χ2n) is 4.89. The van der Waals surface area contributed by atoms with Crippen molar-refractivity contribution in [2.24, 2.45) is 0 Å². The molecule has 0 saturated carbocycles. The maximum atomic E-state index is 12.2. The number of aromatic nitrogens is 1. The van der Waals surface area contributed by atoms with Crippen molar-refractivity contribution in [3.05, 3.63) is 39.8 Å². The van der Waals surface area contributed by atoms with Gasteiger partial charge in [0, 0.05) is 5.92 Å². The normalized spacial score (nSPS) is 10.5. The summed E-state index contributed by atoms with van der Waals surface area (Å²) in [4.78, 5) is 28.1. The third-order valence-electron chi connectivity index (χ3n) is 2.95. The van der Waals surface area contributed by atoms with Gasteiger partial charge in [-0.25, -0.2) is 9.78 Å². The van der Waals surface area contributed by atoms with Crippen LogP contribution >= 0.6 is 11.3 Å². The Bertz CT molecular complexity index is 709. The van der Waals surface area contributed by atoms with E-state index in [2.05, 4.69) is 10.3 Å². The summed E-state index contributed by atoms with van der Waals surface area (Å²) in [7, 11) is 1.45. The molecule has 0 unspecified atom stereocenters. The average molecular weight is 320 g/mol. The van der Waals surface area contributed by atoms with Gasteiger partial charge < -0.3 is 15.2 Å². The quantitative estimate of drug-likeness (QED) is 0.883. The number of hydrogen-bond donors (Lipinski definition) is 2. The number of amides is 1. The van der Waals surface area contributed by atoms with Crippen LogP contribution in [0.15, 0.2) is 24.4 Å². The van der Waals surface area contributed by atoms with E-state index in [1.54, 1.807) is 6.07 Å². The lowest BCUT2D eigenvalue weighted by atomic mass is 10.1. The number of carbonyl (C=O) groups is 2. The standard InChI is InChI=1S/C15H16N2O4S/c1-8(2)14-16-7-12(22-14)13(18)17-11-5-4-9(21-3)6-10(11)15(19)20/h4-8H,1-3H3,(H,17,18)(H,19,20). The highest BCUT2D eigenvalue weighted by molar-refractivity contribution is 7.13. The second-order valence-corrected chi connectivity index (χ2v) is 5.95. The van der Waals surface area contributed by atoms with E-state index in [1.807, 2.05) is 13.8 Å². The van der Waals surface area contributed by atoms with Crippen molar-refractivity contribution in [1.82, 2.24) is 4.98 Å². The molecule has 0 radical (unpaired) electrons. The summed E-state index contributed by atoms with van der Waals surface area (Å²) in [6.45, 7) is 3.99. The second kappa shape index (κ2) is 6.57. The molecular formula is C15H16N2O4S. The molecule has 22 heavy (non-hydrogen) atoms. The van der Waals surface area contributed by atoms with E-state index < -0.39 is 5.97 Å². The summed E-state index contributed by atoms with van der Waals surface area (Å²) < 4.78 is 5.00. The first-order valence-electron chi connectivity index (χ1n) is 6.60. The Morgan fingerprint density at radius 1 is 1.36 bits per heavy atom. The van der Waals surface area contributed by atoms with E-state index in [0.717, 1.165) is 5.01 Å². The summed E-state index contributed by atoms with van der Waals surface area (Å²) in [6.07, 6.45) is 1.50. The summed E-state index contributed by atoms with van der Waals surface area (Å²) in [5.41, 5.74) is 0.194. The number of nitrogens with one attached hydrogen (secondary N) is 1. The van der Waals surface area contributed by atoms with E-state index in [0.29, 0.717) is 10.6 Å². The van der Waals surface area contributed by atoms with E-state index >= 15 is 0 Å². The Hall–Kier alpha value is -2.41. The van der Waals surface area contributed by atoms with E-state index in [9.17, 15) is 14.7 Å². The number of ether oxygens (including phenoxy) is 1. The molecule has 2 aromatic rings. The van der Waals surface area contributed by atoms with Crippen molar-refractivity contribution in [1.29, 1.82) is 0 Å². The molecule has 7 heteroatoms. The van der Waals surface area contributed by atoms with Gasteiger partial charge in [-0.2, -0.15) is 0 Å². The molecule has 0 saturated heterocycles. The lowest BCUT2D eigenvalue weighted by molar-refractivity contribution is 0.0697. The van der Waals surface area contributed by atoms with Crippen LogP contribution in [0.4, 0.5) is 5.69 Å². The van der Waals surface area contributed by atoms with Crippen molar-refractivity contribution in [2.45, 2.75) is 19.8 Å². The number of carboxylic acid groups (broad SMARTS) is 1. The zero-order valence-corrected chi connectivity index (χ0v) is 13.2. The Morgan fingerprint density at radius 3 is 2.64 bits per heavy atom. The molecule has 1 aromatic carbocycles. The number of benzene rings is 1. The molecule has 6 nitrogen and oxygen atoms in total. The minimum Gasteiger partial charge on any atom is -0.497 e. The number of methoxy groups -OCH3 is 1. The van der Waals surface area contributed by atoms with Crippen molar-refractivity contribution < 1.29 is 19.4 Å². The molecule has 116 valence electrons. The summed E-state index contributed by atoms with van der Waals surface area (Å²) in [6, 6.07) is 4.46. The zero-order valence-electron chi connectivity index (χ0n) is 12.4. The van der Waals surface area contributed by atoms with Gasteiger partial charge in [-0.3, -0.25) is 4.79 Å². The topological polar surface area (TPSA) is 88.5 Å². The molecule has 0 aliphatic carbocycles. The molecule has 2 N–H and O–H groups in total. The average Bonchev–Trinajstić information content (AvgIpc) is 2.97. The van der Waals surface area contributed by atoms with Gasteiger partial charge in [0.2, 0.25) is 0 Å². The summed E-state index contributed by atoms with van der Waals surface area (Å²) in [5.74, 6) is -0.865. The largest absolute Gasteiger partial charge is 0.497 e. The number of thiazole rings is 1. The van der Waals surface area contributed by atoms with Crippen LogP contribution in [0.1, 0.15) is 44.8 Å². The fourth-order valence-electron chi connectivity index (χ4n) is 1.78. The maximum Gasteiger partial charge on any atom is 0.337 e. The minimum absolute atomic E-state index is 0.0266. The minimum atomic E-state index is -1.14. The smallest absolute Gasteiger partial charge is 0.337 e. The van der Waals surface area contributed by atoms with Crippen molar-refractivity contribution in [3.63, 3.8) is 0 Å². The van der Waals surface area contributed by atoms with Crippen LogP contribution in [0.5, 0.6) is 5.75 Å². The lowest BCUT2D eigenvalue weighted by Gasteiger charge is -2.09. The Balaban J connectivity index is 2.25. The number of rotatable bonds is 5. The molecule has 0 spiro atoms. The Kier molecular flexibility index (Phi) is 4.77. The first-order chi connectivity index (χ1) is 10.4. The van der Waals surface area contributed by atoms with Crippen LogP contribution < -0.4 is 10.1 Å². The highest BCUT2D eigenvalue weighted by Crippen LogP contribution is 2.25. The predicted octanol–water partition coefficient (Wildman–Crippen LogP) is 3.23. The highest BCUT2D eigenvalue weighted by Gasteiger charge is 2.17. The highest BCUT2D eigenvalue weighted by atomic mass is 32.1. The molecule has 1 aromatic heterocycles. The van der Waals surface area contributed by atoms with Crippen molar-refractivity contribution in [2.75, 3.05) is 12.4 Å². The molecule has 0 aliphatic rings. The van der Waals surface area contributed by atoms with Gasteiger partial charge in [0.15, 0.2) is 0 Å². The zero-order chi connectivity index (χ0) is 16.3. The van der Waals surface area contributed by atoms with Gasteiger partial charge in [0.05, 0.1) is 29.6 Å². The van der Waals surface area contributed by atoms with Crippen LogP contribution in [-0.4, -0.2) is 29.1 Å².